The summed E-state index contributed by atoms with van der Waals surface area (Å²) in [5.74, 6) is 1.36. The number of carbonyl (C=O) groups is 1. The summed E-state index contributed by atoms with van der Waals surface area (Å²) in [4.78, 5) is 11.5. The molecule has 1 aromatic rings. The molecule has 19 heavy (non-hydrogen) atoms. The summed E-state index contributed by atoms with van der Waals surface area (Å²) in [6.45, 7) is 5.40. The lowest BCUT2D eigenvalue weighted by Gasteiger charge is -2.20. The molecule has 0 spiro atoms. The fourth-order valence-electron chi connectivity index (χ4n) is 1.84. The van der Waals surface area contributed by atoms with Crippen LogP contribution in [0.3, 0.4) is 0 Å². The summed E-state index contributed by atoms with van der Waals surface area (Å²) in [6.07, 6.45) is 0.717. The zero-order chi connectivity index (χ0) is 13.8. The molecule has 0 saturated heterocycles. The van der Waals surface area contributed by atoms with Crippen LogP contribution < -0.4 is 14.8 Å². The second-order valence-corrected chi connectivity index (χ2v) is 5.20. The van der Waals surface area contributed by atoms with Crippen molar-refractivity contribution >= 4 is 17.5 Å². The van der Waals surface area contributed by atoms with Crippen LogP contribution >= 0.6 is 11.6 Å². The van der Waals surface area contributed by atoms with E-state index in [-0.39, 0.29) is 11.8 Å². The number of hydrogen-bond acceptors (Lipinski definition) is 3. The first-order valence-corrected chi connectivity index (χ1v) is 6.81. The van der Waals surface area contributed by atoms with Gasteiger partial charge in [-0.15, -0.1) is 0 Å². The van der Waals surface area contributed by atoms with Crippen molar-refractivity contribution in [3.05, 3.63) is 22.7 Å². The van der Waals surface area contributed by atoms with Gasteiger partial charge in [0.15, 0.2) is 11.5 Å². The molecule has 0 bridgehead atoms. The SMILES string of the molecule is CC(C)C(=O)NCCc1cc(Cl)c2c(c1)OCCO2. The average molecular weight is 284 g/mol. The first kappa shape index (κ1) is 14.0. The molecule has 5 heteroatoms. The molecule has 0 aliphatic carbocycles. The van der Waals surface area contributed by atoms with Crippen molar-refractivity contribution < 1.29 is 14.3 Å². The lowest BCUT2D eigenvalue weighted by molar-refractivity contribution is -0.123. The minimum absolute atomic E-state index is 0.00357. The normalized spacial score (nSPS) is 13.5. The van der Waals surface area contributed by atoms with Gasteiger partial charge in [0.25, 0.3) is 0 Å². The maximum atomic E-state index is 11.5. The monoisotopic (exact) mass is 283 g/mol. The molecule has 0 saturated carbocycles. The molecular weight excluding hydrogens is 266 g/mol. The third-order valence-electron chi connectivity index (χ3n) is 2.89. The van der Waals surface area contributed by atoms with Gasteiger partial charge in [-0.3, -0.25) is 4.79 Å². The molecule has 1 aromatic carbocycles. The second kappa shape index (κ2) is 6.15. The Morgan fingerprint density at radius 2 is 2.11 bits per heavy atom. The Hall–Kier alpha value is -1.42. The lowest BCUT2D eigenvalue weighted by atomic mass is 10.1. The van der Waals surface area contributed by atoms with E-state index in [1.54, 1.807) is 0 Å². The first-order valence-electron chi connectivity index (χ1n) is 6.43. The maximum Gasteiger partial charge on any atom is 0.222 e. The second-order valence-electron chi connectivity index (χ2n) is 4.80. The summed E-state index contributed by atoms with van der Waals surface area (Å²) in [5, 5.41) is 3.43. The fourth-order valence-corrected chi connectivity index (χ4v) is 2.13. The van der Waals surface area contributed by atoms with Crippen LogP contribution in [0.2, 0.25) is 5.02 Å². The van der Waals surface area contributed by atoms with E-state index in [1.807, 2.05) is 26.0 Å². The molecule has 1 N–H and O–H groups in total. The van der Waals surface area contributed by atoms with Crippen LogP contribution in [0.5, 0.6) is 11.5 Å². The van der Waals surface area contributed by atoms with E-state index >= 15 is 0 Å². The van der Waals surface area contributed by atoms with Gasteiger partial charge in [-0.05, 0) is 24.1 Å². The minimum Gasteiger partial charge on any atom is -0.486 e. The van der Waals surface area contributed by atoms with Crippen LogP contribution in [0.15, 0.2) is 12.1 Å². The Morgan fingerprint density at radius 3 is 2.84 bits per heavy atom. The number of amides is 1. The molecule has 2 rings (SSSR count). The number of ether oxygens (including phenoxy) is 2. The fraction of sp³-hybridized carbons (Fsp3) is 0.500. The summed E-state index contributed by atoms with van der Waals surface area (Å²) >= 11 is 6.15. The van der Waals surface area contributed by atoms with Gasteiger partial charge in [-0.25, -0.2) is 0 Å². The smallest absolute Gasteiger partial charge is 0.222 e. The molecule has 0 unspecified atom stereocenters. The lowest BCUT2D eigenvalue weighted by Crippen LogP contribution is -2.29. The number of carbonyl (C=O) groups excluding carboxylic acids is 1. The highest BCUT2D eigenvalue weighted by atomic mass is 35.5. The predicted octanol–water partition coefficient (Wildman–Crippen LogP) is 2.43. The average Bonchev–Trinajstić information content (AvgIpc) is 2.38. The van der Waals surface area contributed by atoms with E-state index < -0.39 is 0 Å². The number of benzene rings is 1. The number of hydrogen-bond donors (Lipinski definition) is 1. The topological polar surface area (TPSA) is 47.6 Å². The van der Waals surface area contributed by atoms with E-state index in [0.717, 1.165) is 12.0 Å². The van der Waals surface area contributed by atoms with Crippen molar-refractivity contribution in [3.63, 3.8) is 0 Å². The first-order chi connectivity index (χ1) is 9.08. The van der Waals surface area contributed by atoms with Crippen LogP contribution in [0.4, 0.5) is 0 Å². The van der Waals surface area contributed by atoms with Crippen LogP contribution in [-0.2, 0) is 11.2 Å². The van der Waals surface area contributed by atoms with Gasteiger partial charge in [0.2, 0.25) is 5.91 Å². The predicted molar refractivity (Wildman–Crippen MR) is 74.0 cm³/mol. The highest BCUT2D eigenvalue weighted by molar-refractivity contribution is 6.32. The third kappa shape index (κ3) is 3.53. The molecular formula is C14H18ClNO3. The summed E-state index contributed by atoms with van der Waals surface area (Å²) in [6, 6.07) is 3.78. The summed E-state index contributed by atoms with van der Waals surface area (Å²) in [5.41, 5.74) is 1.03. The van der Waals surface area contributed by atoms with Gasteiger partial charge < -0.3 is 14.8 Å². The summed E-state index contributed by atoms with van der Waals surface area (Å²) in [7, 11) is 0. The van der Waals surface area contributed by atoms with E-state index in [0.29, 0.717) is 36.3 Å². The Morgan fingerprint density at radius 1 is 1.37 bits per heavy atom. The van der Waals surface area contributed by atoms with Crippen LogP contribution in [0, 0.1) is 5.92 Å². The molecule has 0 fully saturated rings. The minimum atomic E-state index is 0.00357. The number of nitrogens with one attached hydrogen (secondary N) is 1. The third-order valence-corrected chi connectivity index (χ3v) is 3.17. The number of rotatable bonds is 4. The summed E-state index contributed by atoms with van der Waals surface area (Å²) < 4.78 is 11.0. The largest absolute Gasteiger partial charge is 0.486 e. The van der Waals surface area contributed by atoms with E-state index in [9.17, 15) is 4.79 Å². The molecule has 0 atom stereocenters. The van der Waals surface area contributed by atoms with Gasteiger partial charge in [-0.2, -0.15) is 0 Å². The standard InChI is InChI=1S/C14H18ClNO3/c1-9(2)14(17)16-4-3-10-7-11(15)13-12(8-10)18-5-6-19-13/h7-9H,3-6H2,1-2H3,(H,16,17). The molecule has 4 nitrogen and oxygen atoms in total. The highest BCUT2D eigenvalue weighted by Gasteiger charge is 2.16. The van der Waals surface area contributed by atoms with Crippen molar-refractivity contribution in [1.29, 1.82) is 0 Å². The van der Waals surface area contributed by atoms with Crippen molar-refractivity contribution in [3.8, 4) is 11.5 Å². The number of halogens is 1. The zero-order valence-corrected chi connectivity index (χ0v) is 11.9. The van der Waals surface area contributed by atoms with Gasteiger partial charge in [0.05, 0.1) is 5.02 Å². The molecule has 0 radical (unpaired) electrons. The Balaban J connectivity index is 1.98. The molecule has 0 aromatic heterocycles. The Labute approximate surface area is 118 Å². The van der Waals surface area contributed by atoms with Crippen LogP contribution in [0.25, 0.3) is 0 Å². The van der Waals surface area contributed by atoms with Gasteiger partial charge >= 0.3 is 0 Å². The van der Waals surface area contributed by atoms with Crippen LogP contribution in [-0.4, -0.2) is 25.7 Å². The van der Waals surface area contributed by atoms with Gasteiger partial charge in [-0.1, -0.05) is 25.4 Å². The van der Waals surface area contributed by atoms with E-state index in [2.05, 4.69) is 5.32 Å². The number of fused-ring (bicyclic) bond motifs is 1. The molecule has 1 amide bonds. The van der Waals surface area contributed by atoms with E-state index in [1.165, 1.54) is 0 Å². The van der Waals surface area contributed by atoms with Crippen molar-refractivity contribution in [1.82, 2.24) is 5.32 Å². The molecule has 1 aliphatic heterocycles. The van der Waals surface area contributed by atoms with Crippen molar-refractivity contribution in [2.75, 3.05) is 19.8 Å². The van der Waals surface area contributed by atoms with Crippen molar-refractivity contribution in [2.24, 2.45) is 5.92 Å². The zero-order valence-electron chi connectivity index (χ0n) is 11.2. The highest BCUT2D eigenvalue weighted by Crippen LogP contribution is 2.38. The Bertz CT molecular complexity index is 474. The molecule has 1 aliphatic rings. The quantitative estimate of drug-likeness (QED) is 0.923. The molecule has 1 heterocycles. The molecule has 104 valence electrons. The maximum absolute atomic E-state index is 11.5. The van der Waals surface area contributed by atoms with E-state index in [4.69, 9.17) is 21.1 Å². The van der Waals surface area contributed by atoms with Crippen LogP contribution in [0.1, 0.15) is 19.4 Å². The van der Waals surface area contributed by atoms with Gasteiger partial charge in [0.1, 0.15) is 13.2 Å². The van der Waals surface area contributed by atoms with Gasteiger partial charge in [0, 0.05) is 12.5 Å². The Kier molecular flexibility index (Phi) is 4.53. The van der Waals surface area contributed by atoms with Crippen molar-refractivity contribution in [2.45, 2.75) is 20.3 Å².